The second-order valence-corrected chi connectivity index (χ2v) is 17.5. The molecule has 2 aromatic heterocycles. The van der Waals surface area contributed by atoms with E-state index in [0.29, 0.717) is 28.2 Å². The van der Waals surface area contributed by atoms with Crippen molar-refractivity contribution in [3.63, 3.8) is 0 Å². The number of imidazole rings is 1. The highest BCUT2D eigenvalue weighted by Gasteiger charge is 2.70. The second-order valence-electron chi connectivity index (χ2n) is 16.1. The van der Waals surface area contributed by atoms with E-state index in [4.69, 9.17) is 37.8 Å². The van der Waals surface area contributed by atoms with Crippen LogP contribution in [0.1, 0.15) is 67.4 Å². The number of amides is 1. The van der Waals surface area contributed by atoms with E-state index in [0.717, 1.165) is 16.7 Å². The summed E-state index contributed by atoms with van der Waals surface area (Å²) < 4.78 is 44.5. The maximum absolute atomic E-state index is 13.4. The number of nitriles is 1. The lowest BCUT2D eigenvalue weighted by Crippen LogP contribution is -2.53. The first kappa shape index (κ1) is 45.7. The molecule has 338 valence electrons. The van der Waals surface area contributed by atoms with Crippen molar-refractivity contribution in [3.8, 4) is 17.6 Å². The summed E-state index contributed by atoms with van der Waals surface area (Å²) in [6.45, 7) is 8.59. The summed E-state index contributed by atoms with van der Waals surface area (Å²) in [6, 6.07) is 35.9. The molecular formula is C48H53N8O8P. The number of carbonyl (C=O) groups excluding carboxylic acids is 1. The van der Waals surface area contributed by atoms with Crippen LogP contribution in [-0.4, -0.2) is 99.7 Å². The highest BCUT2D eigenvalue weighted by molar-refractivity contribution is 7.44. The van der Waals surface area contributed by atoms with Crippen LogP contribution in [0.3, 0.4) is 0 Å². The third-order valence-electron chi connectivity index (χ3n) is 11.6. The summed E-state index contributed by atoms with van der Waals surface area (Å²) in [5.41, 5.74) is 2.21. The number of methoxy groups -OCH3 is 2. The van der Waals surface area contributed by atoms with Gasteiger partial charge in [-0.15, -0.1) is 0 Å². The van der Waals surface area contributed by atoms with Crippen LogP contribution in [0.25, 0.3) is 11.2 Å². The minimum Gasteiger partial charge on any atom is -0.497 e. The molecule has 17 heteroatoms. The molecule has 6 aromatic rings. The number of benzene rings is 4. The van der Waals surface area contributed by atoms with Crippen molar-refractivity contribution in [2.75, 3.05) is 39.8 Å². The van der Waals surface area contributed by atoms with Gasteiger partial charge in [0.2, 0.25) is 5.79 Å². The molecule has 0 aliphatic carbocycles. The van der Waals surface area contributed by atoms with Gasteiger partial charge in [0.1, 0.15) is 35.6 Å². The average molecular weight is 901 g/mol. The van der Waals surface area contributed by atoms with Gasteiger partial charge in [-0.25, -0.2) is 19.6 Å². The van der Waals surface area contributed by atoms with Gasteiger partial charge in [-0.3, -0.25) is 9.36 Å². The van der Waals surface area contributed by atoms with Crippen LogP contribution >= 0.6 is 8.53 Å². The van der Waals surface area contributed by atoms with Crippen molar-refractivity contribution in [1.29, 1.82) is 5.26 Å². The summed E-state index contributed by atoms with van der Waals surface area (Å²) in [5, 5.41) is 14.3. The largest absolute Gasteiger partial charge is 0.497 e. The Kier molecular flexibility index (Phi) is 13.9. The SMILES string of the molecule is COc1ccc(C(O[C@]23CN(OC)[C@@H]([C@@H](n4cnc5c(NC(=O)c6ccccc6)ncnc54)O2)[C@@H]3OP(OCCC#N)N(C(C)C)C(C)C)(c2ccccc2)c2ccc(OC)cc2)cc1. The molecule has 2 aliphatic rings. The van der Waals surface area contributed by atoms with Gasteiger partial charge in [-0.1, -0.05) is 72.8 Å². The van der Waals surface area contributed by atoms with Gasteiger partial charge in [0.25, 0.3) is 14.4 Å². The van der Waals surface area contributed by atoms with E-state index in [1.165, 1.54) is 6.33 Å². The van der Waals surface area contributed by atoms with E-state index in [9.17, 15) is 10.1 Å². The number of nitrogens with one attached hydrogen (secondary N) is 1. The summed E-state index contributed by atoms with van der Waals surface area (Å²) in [7, 11) is 3.01. The lowest BCUT2D eigenvalue weighted by atomic mass is 9.79. The Hall–Kier alpha value is -5.86. The lowest BCUT2D eigenvalue weighted by Gasteiger charge is -2.45. The number of anilines is 1. The molecule has 2 bridgehead atoms. The van der Waals surface area contributed by atoms with Crippen LogP contribution in [0.5, 0.6) is 11.5 Å². The van der Waals surface area contributed by atoms with Crippen molar-refractivity contribution in [3.05, 3.63) is 144 Å². The number of fused-ring (bicyclic) bond motifs is 3. The first-order chi connectivity index (χ1) is 31.6. The summed E-state index contributed by atoms with van der Waals surface area (Å²) in [4.78, 5) is 33.4. The molecule has 5 atom stereocenters. The van der Waals surface area contributed by atoms with Crippen molar-refractivity contribution in [2.45, 2.75) is 76.0 Å². The third-order valence-corrected chi connectivity index (χ3v) is 13.7. The number of rotatable bonds is 19. The van der Waals surface area contributed by atoms with Gasteiger partial charge in [-0.05, 0) is 80.8 Å². The van der Waals surface area contributed by atoms with Crippen LogP contribution in [0.2, 0.25) is 0 Å². The summed E-state index contributed by atoms with van der Waals surface area (Å²) >= 11 is 0. The van der Waals surface area contributed by atoms with Gasteiger partial charge in [-0.2, -0.15) is 10.3 Å². The van der Waals surface area contributed by atoms with E-state index in [1.54, 1.807) is 61.6 Å². The van der Waals surface area contributed by atoms with Gasteiger partial charge in [0, 0.05) is 17.6 Å². The van der Waals surface area contributed by atoms with Gasteiger partial charge < -0.3 is 38.1 Å². The molecule has 1 unspecified atom stereocenters. The van der Waals surface area contributed by atoms with Crippen molar-refractivity contribution < 1.29 is 37.6 Å². The van der Waals surface area contributed by atoms with Gasteiger partial charge in [0.05, 0.1) is 53.3 Å². The van der Waals surface area contributed by atoms with E-state index >= 15 is 0 Å². The zero-order valence-electron chi connectivity index (χ0n) is 37.4. The predicted molar refractivity (Wildman–Crippen MR) is 244 cm³/mol. The van der Waals surface area contributed by atoms with Crippen LogP contribution in [0.4, 0.5) is 5.82 Å². The van der Waals surface area contributed by atoms with E-state index < -0.39 is 38.3 Å². The molecule has 2 fully saturated rings. The number of nitrogens with zero attached hydrogens (tertiary/aromatic N) is 7. The molecule has 1 N–H and O–H groups in total. The Labute approximate surface area is 379 Å². The Balaban J connectivity index is 1.32. The maximum Gasteiger partial charge on any atom is 0.259 e. The lowest BCUT2D eigenvalue weighted by molar-refractivity contribution is -0.328. The second kappa shape index (κ2) is 19.7. The molecule has 1 amide bonds. The monoisotopic (exact) mass is 900 g/mol. The summed E-state index contributed by atoms with van der Waals surface area (Å²) in [6.07, 6.45) is 1.36. The van der Waals surface area contributed by atoms with E-state index in [1.807, 2.05) is 84.9 Å². The number of hydrogen-bond donors (Lipinski definition) is 1. The first-order valence-electron chi connectivity index (χ1n) is 21.4. The average Bonchev–Trinajstić information content (AvgIpc) is 3.99. The van der Waals surface area contributed by atoms with Crippen LogP contribution in [0, 0.1) is 11.3 Å². The number of morpholine rings is 1. The normalized spacial score (nSPS) is 20.1. The molecule has 16 nitrogen and oxygen atoms in total. The highest BCUT2D eigenvalue weighted by Crippen LogP contribution is 2.59. The topological polar surface area (TPSA) is 168 Å². The Bertz CT molecular complexity index is 2520. The van der Waals surface area contributed by atoms with E-state index in [-0.39, 0.29) is 43.4 Å². The minimum absolute atomic E-state index is 0.00446. The van der Waals surface area contributed by atoms with E-state index in [2.05, 4.69) is 53.7 Å². The van der Waals surface area contributed by atoms with Gasteiger partial charge >= 0.3 is 0 Å². The number of ether oxygens (including phenoxy) is 4. The first-order valence-corrected chi connectivity index (χ1v) is 22.5. The van der Waals surface area contributed by atoms with Gasteiger partial charge in [0.15, 0.2) is 23.2 Å². The molecule has 4 aromatic carbocycles. The standard InChI is InChI=1S/C48H53N8O8P/c1-32(2)56(33(3)4)65(61-28-14-27-49)63-42-41-46(54-31-52-40-43(50-30-51-44(40)54)53-45(57)34-15-10-8-11-16-34)62-47(42,29-55(41)60-7)64-48(35-17-12-9-13-18-35,36-19-23-38(58-5)24-20-36)37-21-25-39(59-6)26-22-37/h8-13,15-26,30-33,41-42,46H,14,28-29H2,1-7H3,(H,50,51,53,57)/t41-,42+,46+,47+,65?/m1/s1. The molecule has 65 heavy (non-hydrogen) atoms. The molecule has 2 saturated heterocycles. The fourth-order valence-corrected chi connectivity index (χ4v) is 10.5. The number of hydroxylamine groups is 2. The van der Waals surface area contributed by atoms with Crippen LogP contribution in [0.15, 0.2) is 122 Å². The molecule has 2 aliphatic heterocycles. The predicted octanol–water partition coefficient (Wildman–Crippen LogP) is 8.24. The Morgan fingerprint density at radius 1 is 0.877 bits per heavy atom. The zero-order chi connectivity index (χ0) is 45.7. The fraction of sp³-hybridized carbons (Fsp3) is 0.354. The molecule has 0 saturated carbocycles. The van der Waals surface area contributed by atoms with Crippen molar-refractivity contribution in [1.82, 2.24) is 29.3 Å². The van der Waals surface area contributed by atoms with Crippen molar-refractivity contribution >= 4 is 31.4 Å². The summed E-state index contributed by atoms with van der Waals surface area (Å²) in [5.74, 6) is -0.391. The molecular weight excluding hydrogens is 848 g/mol. The molecule has 0 spiro atoms. The fourth-order valence-electron chi connectivity index (χ4n) is 8.71. The maximum atomic E-state index is 13.4. The molecule has 8 rings (SSSR count). The molecule has 4 heterocycles. The number of aromatic nitrogens is 4. The number of carbonyl (C=O) groups is 1. The van der Waals surface area contributed by atoms with Crippen LogP contribution in [-0.2, 0) is 29.0 Å². The minimum atomic E-state index is -1.85. The smallest absolute Gasteiger partial charge is 0.259 e. The van der Waals surface area contributed by atoms with Crippen molar-refractivity contribution in [2.24, 2.45) is 0 Å². The Morgan fingerprint density at radius 3 is 2.05 bits per heavy atom. The quantitative estimate of drug-likeness (QED) is 0.0469. The highest BCUT2D eigenvalue weighted by atomic mass is 31.2. The molecule has 0 radical (unpaired) electrons. The third kappa shape index (κ3) is 8.82. The number of hydrogen-bond acceptors (Lipinski definition) is 14. The Morgan fingerprint density at radius 2 is 1.48 bits per heavy atom. The van der Waals surface area contributed by atoms with Crippen LogP contribution < -0.4 is 14.8 Å². The zero-order valence-corrected chi connectivity index (χ0v) is 38.3.